The van der Waals surface area contributed by atoms with E-state index in [9.17, 15) is 4.79 Å². The number of aliphatic imine (C=N–C) groups is 1. The van der Waals surface area contributed by atoms with Crippen LogP contribution in [0, 0.1) is 0 Å². The zero-order valence-electron chi connectivity index (χ0n) is 15.3. The minimum absolute atomic E-state index is 0.00587. The van der Waals surface area contributed by atoms with Crippen LogP contribution in [0.25, 0.3) is 0 Å². The molecule has 0 bridgehead atoms. The first-order chi connectivity index (χ1) is 12.0. The average molecular weight is 348 g/mol. The Kier molecular flexibility index (Phi) is 5.54. The van der Waals surface area contributed by atoms with Crippen LogP contribution in [0.15, 0.2) is 15.6 Å². The molecule has 1 atom stereocenters. The second kappa shape index (κ2) is 7.66. The number of nitrogens with zero attached hydrogens (tertiary/aromatic N) is 3. The number of ether oxygens (including phenoxy) is 1. The molecule has 25 heavy (non-hydrogen) atoms. The summed E-state index contributed by atoms with van der Waals surface area (Å²) in [6.45, 7) is 6.56. The smallest absolute Gasteiger partial charge is 0.244 e. The first-order valence-electron chi connectivity index (χ1n) is 9.06. The second-order valence-electron chi connectivity index (χ2n) is 7.41. The summed E-state index contributed by atoms with van der Waals surface area (Å²) in [4.78, 5) is 19.2. The van der Waals surface area contributed by atoms with Crippen molar-refractivity contribution >= 4 is 18.0 Å². The summed E-state index contributed by atoms with van der Waals surface area (Å²) in [5.74, 6) is 0.394. The molecule has 0 aliphatic carbocycles. The Bertz CT molecular complexity index is 620. The zero-order valence-corrected chi connectivity index (χ0v) is 15.3. The van der Waals surface area contributed by atoms with Gasteiger partial charge in [-0.25, -0.2) is 0 Å². The normalized spacial score (nSPS) is 23.4. The van der Waals surface area contributed by atoms with Gasteiger partial charge in [-0.2, -0.15) is 0 Å². The van der Waals surface area contributed by atoms with E-state index in [2.05, 4.69) is 20.4 Å². The van der Waals surface area contributed by atoms with Gasteiger partial charge in [0.2, 0.25) is 11.8 Å². The number of rotatable bonds is 5. The summed E-state index contributed by atoms with van der Waals surface area (Å²) in [5.41, 5.74) is 0.420. The predicted octanol–water partition coefficient (Wildman–Crippen LogP) is 2.23. The number of carbonyl (C=O) groups excluding carboxylic acids is 1. The van der Waals surface area contributed by atoms with Gasteiger partial charge in [-0.3, -0.25) is 20.0 Å². The Morgan fingerprint density at radius 2 is 2.16 bits per heavy atom. The van der Waals surface area contributed by atoms with Crippen LogP contribution in [-0.2, 0) is 14.9 Å². The van der Waals surface area contributed by atoms with Gasteiger partial charge in [-0.1, -0.05) is 5.16 Å². The van der Waals surface area contributed by atoms with Gasteiger partial charge in [0, 0.05) is 44.0 Å². The van der Waals surface area contributed by atoms with Crippen molar-refractivity contribution in [1.82, 2.24) is 10.1 Å². The maximum atomic E-state index is 12.8. The van der Waals surface area contributed by atoms with Crippen LogP contribution < -0.4 is 5.32 Å². The molecule has 2 aliphatic rings. The minimum Gasteiger partial charge on any atom is -0.381 e. The highest BCUT2D eigenvalue weighted by molar-refractivity contribution is 5.94. The largest absolute Gasteiger partial charge is 0.381 e. The van der Waals surface area contributed by atoms with Crippen molar-refractivity contribution in [1.29, 1.82) is 0 Å². The number of anilines is 1. The van der Waals surface area contributed by atoms with E-state index in [0.29, 0.717) is 11.9 Å². The summed E-state index contributed by atoms with van der Waals surface area (Å²) < 4.78 is 10.8. The molecule has 2 aliphatic heterocycles. The van der Waals surface area contributed by atoms with Crippen LogP contribution in [-0.4, -0.2) is 61.1 Å². The highest BCUT2D eigenvalue weighted by Gasteiger charge is 2.36. The molecule has 138 valence electrons. The van der Waals surface area contributed by atoms with Gasteiger partial charge < -0.3 is 9.26 Å². The van der Waals surface area contributed by atoms with Crippen molar-refractivity contribution in [2.24, 2.45) is 4.99 Å². The van der Waals surface area contributed by atoms with Crippen molar-refractivity contribution in [3.05, 3.63) is 11.8 Å². The Hall–Kier alpha value is -1.73. The number of amides is 1. The van der Waals surface area contributed by atoms with E-state index >= 15 is 0 Å². The fraction of sp³-hybridized carbons (Fsp3) is 0.722. The molecule has 0 radical (unpaired) electrons. The lowest BCUT2D eigenvalue weighted by atomic mass is 9.91. The van der Waals surface area contributed by atoms with Gasteiger partial charge in [0.15, 0.2) is 0 Å². The lowest BCUT2D eigenvalue weighted by molar-refractivity contribution is -0.121. The number of nitrogens with one attached hydrogen (secondary N) is 1. The quantitative estimate of drug-likeness (QED) is 0.826. The zero-order chi connectivity index (χ0) is 17.9. The number of likely N-dealkylation sites (tertiary alicyclic amines) is 1. The number of carbonyl (C=O) groups is 1. The molecule has 3 heterocycles. The van der Waals surface area contributed by atoms with E-state index in [1.807, 2.05) is 20.1 Å². The van der Waals surface area contributed by atoms with Crippen molar-refractivity contribution in [2.45, 2.75) is 57.0 Å². The second-order valence-corrected chi connectivity index (χ2v) is 7.41. The monoisotopic (exact) mass is 348 g/mol. The molecule has 1 N–H and O–H groups in total. The van der Waals surface area contributed by atoms with Crippen LogP contribution in [0.1, 0.15) is 45.2 Å². The molecule has 1 amide bonds. The molecular formula is C18H28N4O3. The Morgan fingerprint density at radius 3 is 2.88 bits per heavy atom. The number of aromatic nitrogens is 1. The molecule has 2 fully saturated rings. The fourth-order valence-corrected chi connectivity index (χ4v) is 3.76. The highest BCUT2D eigenvalue weighted by Crippen LogP contribution is 2.27. The van der Waals surface area contributed by atoms with E-state index < -0.39 is 0 Å². The van der Waals surface area contributed by atoms with Crippen molar-refractivity contribution in [3.63, 3.8) is 0 Å². The Labute approximate surface area is 148 Å². The van der Waals surface area contributed by atoms with E-state index in [1.165, 1.54) is 0 Å². The molecule has 1 aromatic rings. The molecule has 3 rings (SSSR count). The molecule has 2 saturated heterocycles. The van der Waals surface area contributed by atoms with Gasteiger partial charge in [-0.05, 0) is 46.1 Å². The van der Waals surface area contributed by atoms with Crippen LogP contribution in [0.2, 0.25) is 0 Å². The van der Waals surface area contributed by atoms with Crippen LogP contribution in [0.3, 0.4) is 0 Å². The summed E-state index contributed by atoms with van der Waals surface area (Å²) in [7, 11) is 1.73. The summed E-state index contributed by atoms with van der Waals surface area (Å²) in [5, 5.41) is 6.99. The third kappa shape index (κ3) is 4.10. The van der Waals surface area contributed by atoms with Crippen molar-refractivity contribution in [3.8, 4) is 0 Å². The van der Waals surface area contributed by atoms with Gasteiger partial charge >= 0.3 is 0 Å². The lowest BCUT2D eigenvalue weighted by Crippen LogP contribution is -2.47. The van der Waals surface area contributed by atoms with Crippen LogP contribution >= 0.6 is 0 Å². The standard InChI is InChI=1S/C18H28N4O3/c1-18(2,12-19-3)15-11-16(25-21-15)20-17(23)14-5-4-8-22(14)13-6-9-24-10-7-13/h11-14H,4-10H2,1-3H3,(H,20,23)/b19-12-/t14-/m0/s1. The van der Waals surface area contributed by atoms with Gasteiger partial charge in [0.25, 0.3) is 0 Å². The summed E-state index contributed by atoms with van der Waals surface area (Å²) >= 11 is 0. The SMILES string of the molecule is C/N=C\C(C)(C)c1cc(NC(=O)[C@@H]2CCCN2C2CCOCC2)on1. The number of hydrogen-bond donors (Lipinski definition) is 1. The van der Waals surface area contributed by atoms with E-state index in [4.69, 9.17) is 9.26 Å². The fourth-order valence-electron chi connectivity index (χ4n) is 3.76. The first kappa shape index (κ1) is 18.1. The number of hydrogen-bond acceptors (Lipinski definition) is 6. The minimum atomic E-state index is -0.331. The summed E-state index contributed by atoms with van der Waals surface area (Å²) in [6.07, 6.45) is 5.76. The Balaban J connectivity index is 1.64. The summed E-state index contributed by atoms with van der Waals surface area (Å²) in [6, 6.07) is 2.13. The Morgan fingerprint density at radius 1 is 1.40 bits per heavy atom. The predicted molar refractivity (Wildman–Crippen MR) is 96.1 cm³/mol. The van der Waals surface area contributed by atoms with Crippen LogP contribution in [0.4, 0.5) is 5.88 Å². The molecule has 7 heteroatoms. The van der Waals surface area contributed by atoms with E-state index in [1.54, 1.807) is 13.1 Å². The molecule has 1 aromatic heterocycles. The van der Waals surface area contributed by atoms with Crippen LogP contribution in [0.5, 0.6) is 0 Å². The van der Waals surface area contributed by atoms with Gasteiger partial charge in [-0.15, -0.1) is 0 Å². The van der Waals surface area contributed by atoms with E-state index in [0.717, 1.165) is 51.1 Å². The highest BCUT2D eigenvalue weighted by atomic mass is 16.5. The van der Waals surface area contributed by atoms with Gasteiger partial charge in [0.05, 0.1) is 11.7 Å². The van der Waals surface area contributed by atoms with E-state index in [-0.39, 0.29) is 17.4 Å². The average Bonchev–Trinajstić information content (AvgIpc) is 3.25. The third-order valence-electron chi connectivity index (χ3n) is 5.13. The maximum absolute atomic E-state index is 12.8. The maximum Gasteiger partial charge on any atom is 0.244 e. The molecule has 0 spiro atoms. The first-order valence-corrected chi connectivity index (χ1v) is 9.06. The molecule has 0 aromatic carbocycles. The van der Waals surface area contributed by atoms with Crippen molar-refractivity contribution < 1.29 is 14.1 Å². The molecule has 7 nitrogen and oxygen atoms in total. The topological polar surface area (TPSA) is 80.0 Å². The molecule has 0 saturated carbocycles. The lowest BCUT2D eigenvalue weighted by Gasteiger charge is -2.34. The molecule has 0 unspecified atom stereocenters. The third-order valence-corrected chi connectivity index (χ3v) is 5.13. The van der Waals surface area contributed by atoms with Gasteiger partial charge in [0.1, 0.15) is 0 Å². The van der Waals surface area contributed by atoms with Crippen molar-refractivity contribution in [2.75, 3.05) is 32.1 Å². The molecular weight excluding hydrogens is 320 g/mol.